The number of pyridine rings is 2. The zero-order chi connectivity index (χ0) is 24.8. The zero-order valence-electron chi connectivity index (χ0n) is 19.2. The largest absolute Gasteiger partial charge is 0.346 e. The summed E-state index contributed by atoms with van der Waals surface area (Å²) in [6, 6.07) is 5.83. The molecule has 2 atom stereocenters. The molecule has 1 aromatic carbocycles. The van der Waals surface area contributed by atoms with Gasteiger partial charge in [-0.2, -0.15) is 0 Å². The second-order valence-corrected chi connectivity index (χ2v) is 9.25. The maximum atomic E-state index is 15.1. The van der Waals surface area contributed by atoms with Crippen LogP contribution in [0.1, 0.15) is 36.9 Å². The fraction of sp³-hybridized carbons (Fsp3) is 0.360. The van der Waals surface area contributed by atoms with Crippen LogP contribution < -0.4 is 10.2 Å². The molecule has 0 saturated carbocycles. The molecule has 2 aliphatic heterocycles. The highest BCUT2D eigenvalue weighted by atomic mass is 19.1. The van der Waals surface area contributed by atoms with Gasteiger partial charge < -0.3 is 10.2 Å². The molecule has 7 nitrogen and oxygen atoms in total. The number of anilines is 1. The number of halogens is 4. The minimum atomic E-state index is -1.26. The van der Waals surface area contributed by atoms with Gasteiger partial charge in [0.2, 0.25) is 0 Å². The molecule has 0 radical (unpaired) electrons. The molecule has 2 saturated heterocycles. The van der Waals surface area contributed by atoms with Gasteiger partial charge in [0.05, 0.1) is 42.1 Å². The molecule has 0 unspecified atom stereocenters. The number of hydrogen-bond acceptors (Lipinski definition) is 6. The third-order valence-corrected chi connectivity index (χ3v) is 6.96. The fourth-order valence-corrected chi connectivity index (χ4v) is 5.18. The molecule has 0 amide bonds. The third kappa shape index (κ3) is 4.06. The molecule has 5 heterocycles. The number of aromatic nitrogens is 5. The second-order valence-electron chi connectivity index (χ2n) is 9.25. The molecule has 11 heteroatoms. The Morgan fingerprint density at radius 3 is 2.67 bits per heavy atom. The number of rotatable bonds is 4. The summed E-state index contributed by atoms with van der Waals surface area (Å²) in [7, 11) is 0. The Kier molecular flexibility index (Phi) is 5.79. The third-order valence-electron chi connectivity index (χ3n) is 6.96. The van der Waals surface area contributed by atoms with Crippen molar-refractivity contribution >= 4 is 16.9 Å². The summed E-state index contributed by atoms with van der Waals surface area (Å²) in [4.78, 5) is 10.4. The molecule has 3 aromatic heterocycles. The first-order valence-corrected chi connectivity index (χ1v) is 11.9. The molecule has 2 aliphatic rings. The summed E-state index contributed by atoms with van der Waals surface area (Å²) >= 11 is 0. The Bertz CT molecular complexity index is 1420. The van der Waals surface area contributed by atoms with Gasteiger partial charge in [-0.15, -0.1) is 5.10 Å². The number of hydrogen-bond donors (Lipinski definition) is 1. The monoisotopic (exact) mass is 497 g/mol. The van der Waals surface area contributed by atoms with Crippen LogP contribution in [0.25, 0.3) is 22.3 Å². The minimum absolute atomic E-state index is 0.0150. The summed E-state index contributed by atoms with van der Waals surface area (Å²) < 4.78 is 59.9. The lowest BCUT2D eigenvalue weighted by molar-refractivity contribution is 0.337. The van der Waals surface area contributed by atoms with Gasteiger partial charge in [0.25, 0.3) is 0 Å². The average Bonchev–Trinajstić information content (AvgIpc) is 3.53. The van der Waals surface area contributed by atoms with E-state index < -0.39 is 29.7 Å². The predicted molar refractivity (Wildman–Crippen MR) is 126 cm³/mol. The summed E-state index contributed by atoms with van der Waals surface area (Å²) in [5.41, 5.74) is 1.19. The van der Waals surface area contributed by atoms with Crippen molar-refractivity contribution in [1.29, 1.82) is 0 Å². The highest BCUT2D eigenvalue weighted by Crippen LogP contribution is 2.39. The van der Waals surface area contributed by atoms with Crippen LogP contribution in [-0.4, -0.2) is 50.8 Å². The highest BCUT2D eigenvalue weighted by molar-refractivity contribution is 5.91. The topological polar surface area (TPSA) is 71.8 Å². The Balaban J connectivity index is 1.42. The van der Waals surface area contributed by atoms with Gasteiger partial charge in [0.15, 0.2) is 5.82 Å². The van der Waals surface area contributed by atoms with Crippen LogP contribution in [0.2, 0.25) is 0 Å². The normalized spacial score (nSPS) is 20.9. The average molecular weight is 498 g/mol. The fourth-order valence-electron chi connectivity index (χ4n) is 5.18. The van der Waals surface area contributed by atoms with Crippen molar-refractivity contribution in [2.45, 2.75) is 37.5 Å². The van der Waals surface area contributed by atoms with Crippen LogP contribution in [0.4, 0.5) is 23.4 Å². The lowest BCUT2D eigenvalue weighted by Gasteiger charge is -2.26. The van der Waals surface area contributed by atoms with E-state index in [1.165, 1.54) is 0 Å². The van der Waals surface area contributed by atoms with E-state index in [0.29, 0.717) is 17.0 Å². The Hall–Kier alpha value is -3.60. The van der Waals surface area contributed by atoms with Crippen molar-refractivity contribution in [2.24, 2.45) is 0 Å². The van der Waals surface area contributed by atoms with Crippen molar-refractivity contribution < 1.29 is 17.6 Å². The molecule has 1 N–H and O–H groups in total. The van der Waals surface area contributed by atoms with Crippen molar-refractivity contribution in [1.82, 2.24) is 30.3 Å². The molecule has 0 bridgehead atoms. The molecule has 0 aliphatic carbocycles. The molecule has 2 fully saturated rings. The Morgan fingerprint density at radius 1 is 1.00 bits per heavy atom. The first-order valence-electron chi connectivity index (χ1n) is 11.9. The van der Waals surface area contributed by atoms with Crippen LogP contribution in [0.15, 0.2) is 42.7 Å². The van der Waals surface area contributed by atoms with Crippen LogP contribution >= 0.6 is 0 Å². The van der Waals surface area contributed by atoms with Crippen molar-refractivity contribution in [3.63, 3.8) is 0 Å². The first kappa shape index (κ1) is 22.8. The van der Waals surface area contributed by atoms with E-state index in [-0.39, 0.29) is 35.7 Å². The Morgan fingerprint density at radius 2 is 1.83 bits per heavy atom. The maximum Gasteiger partial charge on any atom is 0.153 e. The standard InChI is InChI=1S/C25H23F4N7/c26-14-1-2-18(28)17(9-14)22-10-15(27)12-35(22)23-4-3-20-25(32-23)24(19(29)11-31-20)21-13-36(34-33-21)16-5-7-30-8-6-16/h1-4,9,11,13,15-16,22,30H,5-8,10,12H2/t15-,22+/m0/s1. The van der Waals surface area contributed by atoms with Crippen molar-refractivity contribution in [3.8, 4) is 11.3 Å². The van der Waals surface area contributed by atoms with E-state index in [2.05, 4.69) is 25.6 Å². The SMILES string of the molecule is Fc1ccc(F)c([C@H]2C[C@H](F)CN2c2ccc3ncc(F)c(-c4cn(C5CCNCC5)nn4)c3n2)c1. The van der Waals surface area contributed by atoms with Gasteiger partial charge >= 0.3 is 0 Å². The van der Waals surface area contributed by atoms with Crippen LogP contribution in [0.5, 0.6) is 0 Å². The van der Waals surface area contributed by atoms with Gasteiger partial charge in [-0.3, -0.25) is 4.98 Å². The van der Waals surface area contributed by atoms with Crippen molar-refractivity contribution in [3.05, 3.63) is 65.7 Å². The Labute approximate surface area is 204 Å². The summed E-state index contributed by atoms with van der Waals surface area (Å²) in [6.45, 7) is 1.69. The summed E-state index contributed by atoms with van der Waals surface area (Å²) in [5.74, 6) is -1.52. The highest BCUT2D eigenvalue weighted by Gasteiger charge is 2.36. The number of fused-ring (bicyclic) bond motifs is 1. The quantitative estimate of drug-likeness (QED) is 0.418. The van der Waals surface area contributed by atoms with E-state index in [0.717, 1.165) is 50.3 Å². The lowest BCUT2D eigenvalue weighted by Crippen LogP contribution is -2.29. The van der Waals surface area contributed by atoms with Gasteiger partial charge in [0, 0.05) is 12.0 Å². The van der Waals surface area contributed by atoms with Gasteiger partial charge in [-0.25, -0.2) is 27.2 Å². The van der Waals surface area contributed by atoms with E-state index in [9.17, 15) is 13.2 Å². The number of nitrogens with zero attached hydrogens (tertiary/aromatic N) is 6. The van der Waals surface area contributed by atoms with Crippen LogP contribution in [-0.2, 0) is 0 Å². The minimum Gasteiger partial charge on any atom is -0.346 e. The van der Waals surface area contributed by atoms with E-state index >= 15 is 4.39 Å². The number of alkyl halides is 1. The van der Waals surface area contributed by atoms with Crippen LogP contribution in [0.3, 0.4) is 0 Å². The molecule has 4 aromatic rings. The summed E-state index contributed by atoms with van der Waals surface area (Å²) in [5, 5.41) is 11.7. The van der Waals surface area contributed by atoms with Crippen LogP contribution in [0, 0.1) is 17.5 Å². The molecule has 0 spiro atoms. The van der Waals surface area contributed by atoms with E-state index in [1.807, 2.05) is 0 Å². The lowest BCUT2D eigenvalue weighted by atomic mass is 10.0. The van der Waals surface area contributed by atoms with Gasteiger partial charge in [0.1, 0.15) is 34.8 Å². The molecule has 186 valence electrons. The zero-order valence-corrected chi connectivity index (χ0v) is 19.2. The van der Waals surface area contributed by atoms with E-state index in [1.54, 1.807) is 27.9 Å². The summed E-state index contributed by atoms with van der Waals surface area (Å²) in [6.07, 6.45) is 3.33. The van der Waals surface area contributed by atoms with E-state index in [4.69, 9.17) is 0 Å². The predicted octanol–water partition coefficient (Wildman–Crippen LogP) is 4.52. The maximum absolute atomic E-state index is 15.1. The molecule has 36 heavy (non-hydrogen) atoms. The molecule has 6 rings (SSSR count). The van der Waals surface area contributed by atoms with Gasteiger partial charge in [-0.05, 0) is 56.3 Å². The number of benzene rings is 1. The van der Waals surface area contributed by atoms with Gasteiger partial charge in [-0.1, -0.05) is 5.21 Å². The number of nitrogens with one attached hydrogen (secondary N) is 1. The second kappa shape index (κ2) is 9.12. The smallest absolute Gasteiger partial charge is 0.153 e. The first-order chi connectivity index (χ1) is 17.5. The molecular weight excluding hydrogens is 474 g/mol. The molecular formula is C25H23F4N7. The van der Waals surface area contributed by atoms with Crippen molar-refractivity contribution in [2.75, 3.05) is 24.5 Å². The number of piperidine rings is 1.